The van der Waals surface area contributed by atoms with E-state index in [0.29, 0.717) is 19.4 Å². The number of benzene rings is 1. The molecule has 21 heavy (non-hydrogen) atoms. The maximum absolute atomic E-state index is 11.3. The summed E-state index contributed by atoms with van der Waals surface area (Å²) < 4.78 is 6.80. The van der Waals surface area contributed by atoms with Gasteiger partial charge in [-0.25, -0.2) is 0 Å². The van der Waals surface area contributed by atoms with E-state index in [4.69, 9.17) is 4.42 Å². The second kappa shape index (κ2) is 5.66. The molecule has 1 saturated carbocycles. The zero-order chi connectivity index (χ0) is 14.9. The molecule has 2 aromatic rings. The number of aliphatic carboxylic acids is 1. The number of nitrogens with one attached hydrogen (secondary N) is 1. The molecule has 1 aliphatic carbocycles. The second-order valence-corrected chi connectivity index (χ2v) is 6.28. The fourth-order valence-corrected chi connectivity index (χ4v) is 2.76. The van der Waals surface area contributed by atoms with E-state index in [0.717, 1.165) is 28.0 Å². The van der Waals surface area contributed by atoms with Gasteiger partial charge in [-0.2, -0.15) is 0 Å². The molecule has 110 valence electrons. The van der Waals surface area contributed by atoms with Crippen LogP contribution in [0.25, 0.3) is 11.3 Å². The van der Waals surface area contributed by atoms with Crippen molar-refractivity contribution in [1.29, 1.82) is 0 Å². The molecule has 0 spiro atoms. The molecule has 3 rings (SSSR count). The number of halogens is 1. The van der Waals surface area contributed by atoms with Crippen molar-refractivity contribution in [3.63, 3.8) is 0 Å². The largest absolute Gasteiger partial charge is 0.480 e. The molecule has 0 radical (unpaired) electrons. The third-order valence-corrected chi connectivity index (χ3v) is 4.54. The maximum atomic E-state index is 11.3. The van der Waals surface area contributed by atoms with Crippen molar-refractivity contribution >= 4 is 21.9 Å². The molecule has 1 fully saturated rings. The summed E-state index contributed by atoms with van der Waals surface area (Å²) in [6, 6.07) is 11.7. The van der Waals surface area contributed by atoms with Gasteiger partial charge in [-0.1, -0.05) is 28.1 Å². The van der Waals surface area contributed by atoms with Crippen molar-refractivity contribution in [1.82, 2.24) is 5.32 Å². The number of carboxylic acids is 1. The maximum Gasteiger partial charge on any atom is 0.323 e. The summed E-state index contributed by atoms with van der Waals surface area (Å²) in [6.45, 7) is 0.433. The monoisotopic (exact) mass is 349 g/mol. The highest BCUT2D eigenvalue weighted by atomic mass is 79.9. The molecule has 0 saturated heterocycles. The third kappa shape index (κ3) is 2.89. The minimum atomic E-state index is -0.770. The van der Waals surface area contributed by atoms with Gasteiger partial charge in [0.05, 0.1) is 6.54 Å². The number of hydrogen-bond acceptors (Lipinski definition) is 3. The van der Waals surface area contributed by atoms with Gasteiger partial charge in [0.25, 0.3) is 0 Å². The van der Waals surface area contributed by atoms with E-state index >= 15 is 0 Å². The van der Waals surface area contributed by atoms with Crippen molar-refractivity contribution in [2.45, 2.75) is 31.3 Å². The fourth-order valence-electron chi connectivity index (χ4n) is 2.50. The zero-order valence-corrected chi connectivity index (χ0v) is 13.0. The highest BCUT2D eigenvalue weighted by molar-refractivity contribution is 9.10. The zero-order valence-electron chi connectivity index (χ0n) is 11.4. The van der Waals surface area contributed by atoms with Gasteiger partial charge in [0.15, 0.2) is 0 Å². The molecule has 0 amide bonds. The Morgan fingerprint density at radius 1 is 1.24 bits per heavy atom. The second-order valence-electron chi connectivity index (χ2n) is 5.37. The Hall–Kier alpha value is -1.59. The Bertz CT molecular complexity index is 644. The SMILES string of the molecule is O=C(O)C1(NCc2ccc(-c3ccc(Br)cc3)o2)CCC1. The lowest BCUT2D eigenvalue weighted by molar-refractivity contribution is -0.148. The summed E-state index contributed by atoms with van der Waals surface area (Å²) in [6.07, 6.45) is 2.33. The Labute approximate surface area is 131 Å². The highest BCUT2D eigenvalue weighted by Crippen LogP contribution is 2.32. The van der Waals surface area contributed by atoms with Crippen LogP contribution in [0.1, 0.15) is 25.0 Å². The molecule has 4 nitrogen and oxygen atoms in total. The molecule has 2 N–H and O–H groups in total. The Morgan fingerprint density at radius 3 is 2.52 bits per heavy atom. The quantitative estimate of drug-likeness (QED) is 0.861. The van der Waals surface area contributed by atoms with Gasteiger partial charge < -0.3 is 9.52 Å². The fraction of sp³-hybridized carbons (Fsp3) is 0.312. The lowest BCUT2D eigenvalue weighted by atomic mass is 9.77. The smallest absolute Gasteiger partial charge is 0.323 e. The van der Waals surface area contributed by atoms with Crippen LogP contribution >= 0.6 is 15.9 Å². The van der Waals surface area contributed by atoms with Crippen LogP contribution in [0.5, 0.6) is 0 Å². The predicted molar refractivity (Wildman–Crippen MR) is 82.9 cm³/mol. The molecule has 1 aliphatic rings. The number of hydrogen-bond donors (Lipinski definition) is 2. The molecule has 5 heteroatoms. The normalized spacial score (nSPS) is 16.4. The van der Waals surface area contributed by atoms with Gasteiger partial charge in [-0.15, -0.1) is 0 Å². The number of carbonyl (C=O) groups is 1. The molecule has 0 aliphatic heterocycles. The van der Waals surface area contributed by atoms with Crippen molar-refractivity contribution < 1.29 is 14.3 Å². The first-order chi connectivity index (χ1) is 10.1. The summed E-state index contributed by atoms with van der Waals surface area (Å²) in [5.74, 6) is 0.770. The summed E-state index contributed by atoms with van der Waals surface area (Å²) in [4.78, 5) is 11.3. The first kappa shape index (κ1) is 14.4. The number of rotatable bonds is 5. The van der Waals surface area contributed by atoms with Crippen molar-refractivity contribution in [3.05, 3.63) is 46.6 Å². The van der Waals surface area contributed by atoms with E-state index < -0.39 is 11.5 Å². The van der Waals surface area contributed by atoms with Gasteiger partial charge in [0.2, 0.25) is 0 Å². The summed E-state index contributed by atoms with van der Waals surface area (Å²) in [5.41, 5.74) is 0.242. The highest BCUT2D eigenvalue weighted by Gasteiger charge is 2.43. The van der Waals surface area contributed by atoms with Crippen LogP contribution < -0.4 is 5.32 Å². The van der Waals surface area contributed by atoms with Crippen LogP contribution in [0, 0.1) is 0 Å². The summed E-state index contributed by atoms with van der Waals surface area (Å²) in [5, 5.41) is 12.4. The van der Waals surface area contributed by atoms with Gasteiger partial charge in [0.1, 0.15) is 17.1 Å². The minimum absolute atomic E-state index is 0.433. The van der Waals surface area contributed by atoms with E-state index in [1.165, 1.54) is 0 Å². The van der Waals surface area contributed by atoms with Crippen LogP contribution in [-0.4, -0.2) is 16.6 Å². The minimum Gasteiger partial charge on any atom is -0.480 e. The Morgan fingerprint density at radius 2 is 1.95 bits per heavy atom. The van der Waals surface area contributed by atoms with Crippen molar-refractivity contribution in [2.75, 3.05) is 0 Å². The first-order valence-corrected chi connectivity index (χ1v) is 7.71. The average Bonchev–Trinajstić information content (AvgIpc) is 2.87. The van der Waals surface area contributed by atoms with Gasteiger partial charge in [-0.05, 0) is 43.5 Å². The van der Waals surface area contributed by atoms with E-state index in [1.54, 1.807) is 0 Å². The molecule has 0 atom stereocenters. The summed E-state index contributed by atoms with van der Waals surface area (Å²) >= 11 is 3.40. The van der Waals surface area contributed by atoms with E-state index in [2.05, 4.69) is 21.2 Å². The topological polar surface area (TPSA) is 62.5 Å². The predicted octanol–water partition coefficient (Wildman–Crippen LogP) is 3.81. The molecule has 0 unspecified atom stereocenters. The molecular weight excluding hydrogens is 334 g/mol. The van der Waals surface area contributed by atoms with E-state index in [-0.39, 0.29) is 0 Å². The van der Waals surface area contributed by atoms with E-state index in [1.807, 2.05) is 36.4 Å². The van der Waals surface area contributed by atoms with Crippen LogP contribution in [-0.2, 0) is 11.3 Å². The lowest BCUT2D eigenvalue weighted by Crippen LogP contribution is -2.56. The Balaban J connectivity index is 1.68. The number of carboxylic acid groups (broad SMARTS) is 1. The molecular formula is C16H16BrNO3. The summed E-state index contributed by atoms with van der Waals surface area (Å²) in [7, 11) is 0. The van der Waals surface area contributed by atoms with Crippen LogP contribution in [0.3, 0.4) is 0 Å². The van der Waals surface area contributed by atoms with Crippen LogP contribution in [0.2, 0.25) is 0 Å². The van der Waals surface area contributed by atoms with Crippen LogP contribution in [0.4, 0.5) is 0 Å². The first-order valence-electron chi connectivity index (χ1n) is 6.92. The third-order valence-electron chi connectivity index (χ3n) is 4.01. The van der Waals surface area contributed by atoms with Gasteiger partial charge >= 0.3 is 5.97 Å². The Kier molecular flexibility index (Phi) is 3.87. The number of furan rings is 1. The molecule has 0 bridgehead atoms. The van der Waals surface area contributed by atoms with Gasteiger partial charge in [0, 0.05) is 10.0 Å². The standard InChI is InChI=1S/C16H16BrNO3/c17-12-4-2-11(3-5-12)14-7-6-13(21-14)10-18-16(15(19)20)8-1-9-16/h2-7,18H,1,8-10H2,(H,19,20). The molecule has 1 aromatic carbocycles. The molecule has 1 aromatic heterocycles. The van der Waals surface area contributed by atoms with Crippen LogP contribution in [0.15, 0.2) is 45.3 Å². The van der Waals surface area contributed by atoms with Crippen molar-refractivity contribution in [2.24, 2.45) is 0 Å². The van der Waals surface area contributed by atoms with Crippen molar-refractivity contribution in [3.8, 4) is 11.3 Å². The molecule has 1 heterocycles. The lowest BCUT2D eigenvalue weighted by Gasteiger charge is -2.38. The van der Waals surface area contributed by atoms with E-state index in [9.17, 15) is 9.90 Å². The average molecular weight is 350 g/mol. The van der Waals surface area contributed by atoms with Gasteiger partial charge in [-0.3, -0.25) is 10.1 Å².